The molecule has 1 N–H and O–H groups in total. The Morgan fingerprint density at radius 3 is 3.00 bits per heavy atom. The highest BCUT2D eigenvalue weighted by atomic mass is 16.5. The van der Waals surface area contributed by atoms with E-state index in [1.165, 1.54) is 12.5 Å². The minimum absolute atomic E-state index is 0.118. The Morgan fingerprint density at radius 2 is 2.16 bits per heavy atom. The number of carbonyl (C=O) groups is 1. The third-order valence-corrected chi connectivity index (χ3v) is 3.02. The van der Waals surface area contributed by atoms with Gasteiger partial charge in [-0.1, -0.05) is 0 Å². The van der Waals surface area contributed by atoms with Crippen LogP contribution >= 0.6 is 0 Å². The predicted octanol–water partition coefficient (Wildman–Crippen LogP) is 1.85. The molecule has 0 saturated carbocycles. The highest BCUT2D eigenvalue weighted by Crippen LogP contribution is 2.31. The average molecular weight is 257 g/mol. The zero-order chi connectivity index (χ0) is 13.2. The molecule has 2 heterocycles. The number of aryl methyl sites for hydroxylation is 1. The second-order valence-electron chi connectivity index (χ2n) is 4.21. The van der Waals surface area contributed by atoms with Crippen LogP contribution in [0.15, 0.2) is 24.7 Å². The van der Waals surface area contributed by atoms with E-state index in [4.69, 9.17) is 9.84 Å². The van der Waals surface area contributed by atoms with Gasteiger partial charge in [0.1, 0.15) is 6.33 Å². The largest absolute Gasteiger partial charge is 0.476 e. The maximum Gasteiger partial charge on any atom is 0.358 e. The smallest absolute Gasteiger partial charge is 0.358 e. The van der Waals surface area contributed by atoms with Gasteiger partial charge in [0.15, 0.2) is 11.4 Å². The van der Waals surface area contributed by atoms with Crippen molar-refractivity contribution in [3.05, 3.63) is 41.6 Å². The fraction of sp³-hybridized carbons (Fsp3) is 0.231. The summed E-state index contributed by atoms with van der Waals surface area (Å²) in [6.45, 7) is 0. The molecule has 0 spiro atoms. The number of aromatic carboxylic acids is 1. The van der Waals surface area contributed by atoms with E-state index >= 15 is 0 Å². The van der Waals surface area contributed by atoms with Crippen LogP contribution in [0.3, 0.4) is 0 Å². The maximum atomic E-state index is 11.1. The summed E-state index contributed by atoms with van der Waals surface area (Å²) in [5, 5.41) is 9.06. The zero-order valence-electron chi connectivity index (χ0n) is 10.0. The molecule has 19 heavy (non-hydrogen) atoms. The lowest BCUT2D eigenvalue weighted by Gasteiger charge is -2.09. The molecule has 2 aromatic heterocycles. The molecule has 0 bridgehead atoms. The zero-order valence-corrected chi connectivity index (χ0v) is 10.0. The number of ether oxygens (including phenoxy) is 1. The van der Waals surface area contributed by atoms with Crippen molar-refractivity contribution >= 4 is 5.97 Å². The van der Waals surface area contributed by atoms with E-state index in [0.29, 0.717) is 5.88 Å². The van der Waals surface area contributed by atoms with Crippen molar-refractivity contribution < 1.29 is 14.6 Å². The molecular formula is C13H11N3O3. The summed E-state index contributed by atoms with van der Waals surface area (Å²) >= 11 is 0. The maximum absolute atomic E-state index is 11.1. The quantitative estimate of drug-likeness (QED) is 0.903. The van der Waals surface area contributed by atoms with Gasteiger partial charge in [-0.05, 0) is 31.4 Å². The first-order valence-corrected chi connectivity index (χ1v) is 5.94. The lowest BCUT2D eigenvalue weighted by Crippen LogP contribution is -2.04. The minimum atomic E-state index is -1.12. The summed E-state index contributed by atoms with van der Waals surface area (Å²) in [5.74, 6) is -0.498. The number of pyridine rings is 1. The van der Waals surface area contributed by atoms with E-state index in [-0.39, 0.29) is 11.4 Å². The van der Waals surface area contributed by atoms with Crippen LogP contribution in [-0.2, 0) is 12.8 Å². The molecule has 0 fully saturated rings. The normalized spacial score (nSPS) is 13.1. The predicted molar refractivity (Wildman–Crippen MR) is 65.3 cm³/mol. The number of hydrogen-bond donors (Lipinski definition) is 1. The van der Waals surface area contributed by atoms with Crippen LogP contribution in [-0.4, -0.2) is 26.0 Å². The number of nitrogens with zero attached hydrogens (tertiary/aromatic N) is 3. The Balaban J connectivity index is 1.99. The number of rotatable bonds is 3. The molecule has 6 nitrogen and oxygen atoms in total. The van der Waals surface area contributed by atoms with E-state index in [1.807, 2.05) is 0 Å². The Hall–Kier alpha value is -2.50. The summed E-state index contributed by atoms with van der Waals surface area (Å²) in [6, 6.07) is 3.20. The van der Waals surface area contributed by atoms with Gasteiger partial charge in [0.25, 0.3) is 0 Å². The first kappa shape index (κ1) is 11.6. The number of hydrogen-bond acceptors (Lipinski definition) is 5. The van der Waals surface area contributed by atoms with Crippen molar-refractivity contribution in [3.8, 4) is 11.6 Å². The highest BCUT2D eigenvalue weighted by Gasteiger charge is 2.20. The summed E-state index contributed by atoms with van der Waals surface area (Å²) in [7, 11) is 0. The van der Waals surface area contributed by atoms with Gasteiger partial charge in [-0.3, -0.25) is 0 Å². The molecule has 0 aliphatic heterocycles. The average Bonchev–Trinajstić information content (AvgIpc) is 2.88. The molecule has 0 saturated heterocycles. The fourth-order valence-corrected chi connectivity index (χ4v) is 2.16. The fourth-order valence-electron chi connectivity index (χ4n) is 2.16. The summed E-state index contributed by atoms with van der Waals surface area (Å²) in [6.07, 6.45) is 5.64. The molecule has 0 radical (unpaired) electrons. The molecule has 0 atom stereocenters. The van der Waals surface area contributed by atoms with Crippen LogP contribution in [0.25, 0.3) is 0 Å². The molecule has 96 valence electrons. The lowest BCUT2D eigenvalue weighted by molar-refractivity contribution is 0.0687. The first-order chi connectivity index (χ1) is 9.25. The highest BCUT2D eigenvalue weighted by molar-refractivity contribution is 5.88. The van der Waals surface area contributed by atoms with Crippen molar-refractivity contribution in [2.24, 2.45) is 0 Å². The van der Waals surface area contributed by atoms with Gasteiger partial charge in [0.05, 0.1) is 5.69 Å². The van der Waals surface area contributed by atoms with E-state index in [2.05, 4.69) is 15.0 Å². The lowest BCUT2D eigenvalue weighted by atomic mass is 10.2. The van der Waals surface area contributed by atoms with Gasteiger partial charge >= 0.3 is 5.97 Å². The van der Waals surface area contributed by atoms with Crippen molar-refractivity contribution in [1.29, 1.82) is 0 Å². The Labute approximate surface area is 109 Å². The SMILES string of the molecule is O=C(O)c1ncccc1Oc1ncnc2c1CCC2. The molecule has 6 heteroatoms. The first-order valence-electron chi connectivity index (χ1n) is 5.94. The van der Waals surface area contributed by atoms with Crippen molar-refractivity contribution in [2.45, 2.75) is 19.3 Å². The minimum Gasteiger partial charge on any atom is -0.476 e. The summed E-state index contributed by atoms with van der Waals surface area (Å²) in [4.78, 5) is 23.2. The molecule has 1 aliphatic carbocycles. The molecule has 1 aliphatic rings. The Morgan fingerprint density at radius 1 is 1.26 bits per heavy atom. The van der Waals surface area contributed by atoms with Crippen molar-refractivity contribution in [2.75, 3.05) is 0 Å². The molecular weight excluding hydrogens is 246 g/mol. The van der Waals surface area contributed by atoms with E-state index < -0.39 is 5.97 Å². The van der Waals surface area contributed by atoms with Gasteiger partial charge in [-0.2, -0.15) is 0 Å². The van der Waals surface area contributed by atoms with Crippen LogP contribution in [0.2, 0.25) is 0 Å². The van der Waals surface area contributed by atoms with Crippen LogP contribution in [0.1, 0.15) is 28.2 Å². The van der Waals surface area contributed by atoms with Crippen LogP contribution < -0.4 is 4.74 Å². The van der Waals surface area contributed by atoms with E-state index in [0.717, 1.165) is 30.5 Å². The number of carboxylic acids is 1. The monoisotopic (exact) mass is 257 g/mol. The van der Waals surface area contributed by atoms with E-state index in [9.17, 15) is 4.79 Å². The standard InChI is InChI=1S/C13H11N3O3/c17-13(18)11-10(5-2-6-14-11)19-12-8-3-1-4-9(8)15-7-16-12/h2,5-7H,1,3-4H2,(H,17,18). The molecule has 2 aromatic rings. The topological polar surface area (TPSA) is 85.2 Å². The van der Waals surface area contributed by atoms with Gasteiger partial charge in [-0.25, -0.2) is 19.7 Å². The molecule has 0 amide bonds. The number of aromatic nitrogens is 3. The molecule has 0 aromatic carbocycles. The summed E-state index contributed by atoms with van der Waals surface area (Å²) < 4.78 is 5.62. The van der Waals surface area contributed by atoms with Crippen LogP contribution in [0.5, 0.6) is 11.6 Å². The van der Waals surface area contributed by atoms with Crippen LogP contribution in [0, 0.1) is 0 Å². The van der Waals surface area contributed by atoms with Gasteiger partial charge in [-0.15, -0.1) is 0 Å². The van der Waals surface area contributed by atoms with Crippen LogP contribution in [0.4, 0.5) is 0 Å². The molecule has 3 rings (SSSR count). The second-order valence-corrected chi connectivity index (χ2v) is 4.21. The number of carboxylic acid groups (broad SMARTS) is 1. The number of fused-ring (bicyclic) bond motifs is 1. The van der Waals surface area contributed by atoms with Gasteiger partial charge in [0, 0.05) is 11.8 Å². The second kappa shape index (κ2) is 4.64. The third kappa shape index (κ3) is 2.12. The van der Waals surface area contributed by atoms with Gasteiger partial charge < -0.3 is 9.84 Å². The van der Waals surface area contributed by atoms with Crippen molar-refractivity contribution in [1.82, 2.24) is 15.0 Å². The molecule has 0 unspecified atom stereocenters. The Bertz CT molecular complexity index is 643. The van der Waals surface area contributed by atoms with E-state index in [1.54, 1.807) is 12.1 Å². The van der Waals surface area contributed by atoms with Crippen molar-refractivity contribution in [3.63, 3.8) is 0 Å². The third-order valence-electron chi connectivity index (χ3n) is 3.02. The van der Waals surface area contributed by atoms with Gasteiger partial charge in [0.2, 0.25) is 5.88 Å². The summed E-state index contributed by atoms with van der Waals surface area (Å²) in [5.41, 5.74) is 1.82. The Kier molecular flexibility index (Phi) is 2.83.